The first kappa shape index (κ1) is 12.3. The number of halogens is 1. The molecule has 17 heavy (non-hydrogen) atoms. The fourth-order valence-corrected chi connectivity index (χ4v) is 1.69. The van der Waals surface area contributed by atoms with Gasteiger partial charge in [-0.25, -0.2) is 0 Å². The first-order valence-corrected chi connectivity index (χ1v) is 6.32. The van der Waals surface area contributed by atoms with Gasteiger partial charge in [0.15, 0.2) is 5.82 Å². The Labute approximate surface area is 108 Å². The molecule has 2 aromatic rings. The minimum absolute atomic E-state index is 0.0883. The lowest BCUT2D eigenvalue weighted by Crippen LogP contribution is -2.21. The summed E-state index contributed by atoms with van der Waals surface area (Å²) in [4.78, 5) is 4.33. The molecule has 0 saturated carbocycles. The third kappa shape index (κ3) is 3.14. The first-order chi connectivity index (χ1) is 8.19. The van der Waals surface area contributed by atoms with Crippen molar-refractivity contribution in [1.82, 2.24) is 10.1 Å². The van der Waals surface area contributed by atoms with Crippen LogP contribution in [0.5, 0.6) is 0 Å². The van der Waals surface area contributed by atoms with Gasteiger partial charge >= 0.3 is 0 Å². The van der Waals surface area contributed by atoms with Crippen LogP contribution >= 0.6 is 15.9 Å². The maximum absolute atomic E-state index is 5.84. The summed E-state index contributed by atoms with van der Waals surface area (Å²) >= 11 is 3.38. The highest BCUT2D eigenvalue weighted by molar-refractivity contribution is 9.10. The number of rotatable bonds is 4. The van der Waals surface area contributed by atoms with Crippen LogP contribution in [0.1, 0.15) is 19.2 Å². The second kappa shape index (κ2) is 5.42. The van der Waals surface area contributed by atoms with Crippen LogP contribution in [0.3, 0.4) is 0 Å². The minimum Gasteiger partial charge on any atom is -0.334 e. The van der Waals surface area contributed by atoms with Crippen molar-refractivity contribution in [2.45, 2.75) is 25.8 Å². The fourth-order valence-electron chi connectivity index (χ4n) is 1.43. The molecule has 0 saturated heterocycles. The molecule has 1 heterocycles. The molecule has 90 valence electrons. The van der Waals surface area contributed by atoms with E-state index in [1.807, 2.05) is 31.2 Å². The van der Waals surface area contributed by atoms with Crippen LogP contribution in [0, 0.1) is 0 Å². The maximum atomic E-state index is 5.84. The van der Waals surface area contributed by atoms with Crippen molar-refractivity contribution in [3.05, 3.63) is 34.6 Å². The third-order valence-electron chi connectivity index (χ3n) is 2.53. The summed E-state index contributed by atoms with van der Waals surface area (Å²) in [5, 5.41) is 3.93. The van der Waals surface area contributed by atoms with Crippen molar-refractivity contribution in [3.8, 4) is 11.5 Å². The van der Waals surface area contributed by atoms with Gasteiger partial charge in [0.1, 0.15) is 0 Å². The van der Waals surface area contributed by atoms with Crippen LogP contribution in [-0.2, 0) is 6.42 Å². The number of hydrogen-bond acceptors (Lipinski definition) is 4. The largest absolute Gasteiger partial charge is 0.334 e. The normalized spacial score (nSPS) is 12.6. The molecule has 1 aromatic carbocycles. The highest BCUT2D eigenvalue weighted by atomic mass is 79.9. The summed E-state index contributed by atoms with van der Waals surface area (Å²) < 4.78 is 6.23. The van der Waals surface area contributed by atoms with E-state index in [0.717, 1.165) is 16.5 Å². The summed E-state index contributed by atoms with van der Waals surface area (Å²) in [6.45, 7) is 2.04. The standard InChI is InChI=1S/C12H14BrN3O/c1-2-10(14)7-11-15-12(17-16-11)8-3-5-9(13)6-4-8/h3-6,10H,2,7,14H2,1H3. The molecule has 0 aliphatic carbocycles. The van der Waals surface area contributed by atoms with E-state index in [1.54, 1.807) is 0 Å². The van der Waals surface area contributed by atoms with Crippen molar-refractivity contribution < 1.29 is 4.52 Å². The van der Waals surface area contributed by atoms with E-state index in [2.05, 4.69) is 26.1 Å². The Balaban J connectivity index is 2.15. The predicted octanol–water partition coefficient (Wildman–Crippen LogP) is 2.78. The van der Waals surface area contributed by atoms with Crippen molar-refractivity contribution in [2.75, 3.05) is 0 Å². The summed E-state index contributed by atoms with van der Waals surface area (Å²) in [6, 6.07) is 7.83. The Hall–Kier alpha value is -1.20. The van der Waals surface area contributed by atoms with Crippen LogP contribution in [0.15, 0.2) is 33.3 Å². The van der Waals surface area contributed by atoms with Gasteiger partial charge in [-0.05, 0) is 30.7 Å². The molecule has 5 heteroatoms. The minimum atomic E-state index is 0.0883. The molecule has 0 aliphatic rings. The quantitative estimate of drug-likeness (QED) is 0.942. The van der Waals surface area contributed by atoms with Gasteiger partial charge in [0.2, 0.25) is 0 Å². The Bertz CT molecular complexity index is 481. The lowest BCUT2D eigenvalue weighted by molar-refractivity contribution is 0.419. The molecule has 4 nitrogen and oxygen atoms in total. The van der Waals surface area contributed by atoms with Crippen molar-refractivity contribution in [1.29, 1.82) is 0 Å². The van der Waals surface area contributed by atoms with E-state index in [0.29, 0.717) is 18.1 Å². The van der Waals surface area contributed by atoms with Gasteiger partial charge in [0.05, 0.1) is 0 Å². The Morgan fingerprint density at radius 1 is 1.35 bits per heavy atom. The van der Waals surface area contributed by atoms with E-state index in [4.69, 9.17) is 10.3 Å². The zero-order chi connectivity index (χ0) is 12.3. The molecule has 0 aliphatic heterocycles. The number of hydrogen-bond donors (Lipinski definition) is 1. The monoisotopic (exact) mass is 295 g/mol. The van der Waals surface area contributed by atoms with Gasteiger partial charge in [0.25, 0.3) is 5.89 Å². The highest BCUT2D eigenvalue weighted by Crippen LogP contribution is 2.20. The summed E-state index contributed by atoms with van der Waals surface area (Å²) in [7, 11) is 0. The van der Waals surface area contributed by atoms with Gasteiger partial charge in [-0.3, -0.25) is 0 Å². The van der Waals surface area contributed by atoms with E-state index in [-0.39, 0.29) is 6.04 Å². The molecular formula is C12H14BrN3O. The average Bonchev–Trinajstić information content (AvgIpc) is 2.78. The lowest BCUT2D eigenvalue weighted by atomic mass is 10.1. The van der Waals surface area contributed by atoms with Gasteiger partial charge in [0, 0.05) is 22.5 Å². The van der Waals surface area contributed by atoms with Crippen molar-refractivity contribution in [2.24, 2.45) is 5.73 Å². The number of nitrogens with zero attached hydrogens (tertiary/aromatic N) is 2. The number of aromatic nitrogens is 2. The predicted molar refractivity (Wildman–Crippen MR) is 69.4 cm³/mol. The summed E-state index contributed by atoms with van der Waals surface area (Å²) in [5.41, 5.74) is 6.76. The van der Waals surface area contributed by atoms with Gasteiger partial charge in [-0.2, -0.15) is 4.98 Å². The van der Waals surface area contributed by atoms with E-state index in [1.165, 1.54) is 0 Å². The molecule has 0 radical (unpaired) electrons. The summed E-state index contributed by atoms with van der Waals surface area (Å²) in [6.07, 6.45) is 1.55. The Morgan fingerprint density at radius 3 is 2.71 bits per heavy atom. The van der Waals surface area contributed by atoms with Crippen LogP contribution in [0.2, 0.25) is 0 Å². The Kier molecular flexibility index (Phi) is 3.91. The number of nitrogens with two attached hydrogens (primary N) is 1. The van der Waals surface area contributed by atoms with Crippen LogP contribution in [-0.4, -0.2) is 16.2 Å². The van der Waals surface area contributed by atoms with E-state index < -0.39 is 0 Å². The van der Waals surface area contributed by atoms with Crippen molar-refractivity contribution in [3.63, 3.8) is 0 Å². The van der Waals surface area contributed by atoms with Crippen molar-refractivity contribution >= 4 is 15.9 Å². The molecule has 2 N–H and O–H groups in total. The van der Waals surface area contributed by atoms with Crippen LogP contribution in [0.25, 0.3) is 11.5 Å². The molecule has 1 atom stereocenters. The fraction of sp³-hybridized carbons (Fsp3) is 0.333. The second-order valence-corrected chi connectivity index (χ2v) is 4.81. The molecule has 0 amide bonds. The molecular weight excluding hydrogens is 282 g/mol. The first-order valence-electron chi connectivity index (χ1n) is 5.53. The Morgan fingerprint density at radius 2 is 2.06 bits per heavy atom. The van der Waals surface area contributed by atoms with Gasteiger partial charge in [-0.15, -0.1) is 0 Å². The SMILES string of the molecule is CCC(N)Cc1noc(-c2ccc(Br)cc2)n1. The van der Waals surface area contributed by atoms with Gasteiger partial charge < -0.3 is 10.3 Å². The average molecular weight is 296 g/mol. The molecule has 2 rings (SSSR count). The third-order valence-corrected chi connectivity index (χ3v) is 3.06. The van der Waals surface area contributed by atoms with Gasteiger partial charge in [-0.1, -0.05) is 28.0 Å². The lowest BCUT2D eigenvalue weighted by Gasteiger charge is -2.02. The topological polar surface area (TPSA) is 64.9 Å². The van der Waals surface area contributed by atoms with Crippen LogP contribution in [0.4, 0.5) is 0 Å². The molecule has 1 aromatic heterocycles. The molecule has 0 fully saturated rings. The summed E-state index contributed by atoms with van der Waals surface area (Å²) in [5.74, 6) is 1.20. The van der Waals surface area contributed by atoms with E-state index in [9.17, 15) is 0 Å². The maximum Gasteiger partial charge on any atom is 0.257 e. The number of benzene rings is 1. The van der Waals surface area contributed by atoms with Crippen LogP contribution < -0.4 is 5.73 Å². The van der Waals surface area contributed by atoms with E-state index >= 15 is 0 Å². The molecule has 0 spiro atoms. The second-order valence-electron chi connectivity index (χ2n) is 3.90. The zero-order valence-electron chi connectivity index (χ0n) is 9.56. The highest BCUT2D eigenvalue weighted by Gasteiger charge is 2.11. The zero-order valence-corrected chi connectivity index (χ0v) is 11.1. The molecule has 1 unspecified atom stereocenters. The molecule has 0 bridgehead atoms. The smallest absolute Gasteiger partial charge is 0.257 e.